The van der Waals surface area contributed by atoms with E-state index >= 15 is 0 Å². The van der Waals surface area contributed by atoms with Gasteiger partial charge in [-0.2, -0.15) is 0 Å². The van der Waals surface area contributed by atoms with Crippen LogP contribution in [0.1, 0.15) is 35.9 Å². The molecular weight excluding hydrogens is 228 g/mol. The maximum atomic E-state index is 10.8. The molecule has 0 amide bonds. The zero-order valence-electron chi connectivity index (χ0n) is 8.94. The molecule has 4 nitrogen and oxygen atoms in total. The normalized spacial score (nSPS) is 11.2. The van der Waals surface area contributed by atoms with E-state index in [1.165, 1.54) is 6.07 Å². The summed E-state index contributed by atoms with van der Waals surface area (Å²) in [6, 6.07) is 3.07. The van der Waals surface area contributed by atoms with Crippen molar-refractivity contribution in [2.45, 2.75) is 19.8 Å². The maximum Gasteiger partial charge on any atom is 0.335 e. The molecule has 1 N–H and O–H groups in total. The predicted octanol–water partition coefficient (Wildman–Crippen LogP) is 2.81. The van der Waals surface area contributed by atoms with E-state index in [2.05, 4.69) is 4.98 Å². The molecule has 0 fully saturated rings. The number of hydrogen-bond donors (Lipinski definition) is 1. The van der Waals surface area contributed by atoms with Crippen LogP contribution < -0.4 is 0 Å². The number of fused-ring (bicyclic) bond motifs is 1. The first-order chi connectivity index (χ1) is 7.50. The Hall–Kier alpha value is -1.55. The van der Waals surface area contributed by atoms with E-state index in [0.717, 1.165) is 5.82 Å². The lowest BCUT2D eigenvalue weighted by atomic mass is 10.2. The fourth-order valence-electron chi connectivity index (χ4n) is 1.61. The van der Waals surface area contributed by atoms with Crippen LogP contribution in [0.3, 0.4) is 0 Å². The molecule has 0 atom stereocenters. The Morgan fingerprint density at radius 1 is 1.56 bits per heavy atom. The standard InChI is InChI=1S/C11H11ClN2O2/c1-6(2)10-13-9(12)8-5-7(11(15)16)3-4-14(8)10/h3-6H,1-2H3,(H,15,16). The number of hydrogen-bond acceptors (Lipinski definition) is 2. The number of carbonyl (C=O) groups is 1. The fourth-order valence-corrected chi connectivity index (χ4v) is 1.84. The molecule has 0 radical (unpaired) electrons. The molecular formula is C11H11ClN2O2. The Bertz CT molecular complexity index is 560. The number of carboxylic acids is 1. The van der Waals surface area contributed by atoms with E-state index in [4.69, 9.17) is 16.7 Å². The Labute approximate surface area is 97.5 Å². The molecule has 2 rings (SSSR count). The minimum absolute atomic E-state index is 0.213. The first kappa shape index (κ1) is 11.0. The summed E-state index contributed by atoms with van der Waals surface area (Å²) in [7, 11) is 0. The first-order valence-electron chi connectivity index (χ1n) is 4.91. The van der Waals surface area contributed by atoms with Gasteiger partial charge in [0.05, 0.1) is 11.1 Å². The molecule has 0 aliphatic heterocycles. The topological polar surface area (TPSA) is 54.6 Å². The number of nitrogens with zero attached hydrogens (tertiary/aromatic N) is 2. The van der Waals surface area contributed by atoms with Crippen molar-refractivity contribution in [2.24, 2.45) is 0 Å². The van der Waals surface area contributed by atoms with E-state index in [-0.39, 0.29) is 11.5 Å². The molecule has 0 spiro atoms. The number of halogens is 1. The average Bonchev–Trinajstić information content (AvgIpc) is 2.56. The van der Waals surface area contributed by atoms with Gasteiger partial charge in [-0.25, -0.2) is 9.78 Å². The summed E-state index contributed by atoms with van der Waals surface area (Å²) < 4.78 is 1.82. The largest absolute Gasteiger partial charge is 0.478 e. The van der Waals surface area contributed by atoms with Gasteiger partial charge in [-0.3, -0.25) is 0 Å². The summed E-state index contributed by atoms with van der Waals surface area (Å²) >= 11 is 5.97. The lowest BCUT2D eigenvalue weighted by Gasteiger charge is -2.03. The van der Waals surface area contributed by atoms with Gasteiger partial charge in [0.15, 0.2) is 5.15 Å². The van der Waals surface area contributed by atoms with Crippen molar-refractivity contribution in [3.05, 3.63) is 34.9 Å². The van der Waals surface area contributed by atoms with E-state index in [9.17, 15) is 4.79 Å². The van der Waals surface area contributed by atoms with Crippen molar-refractivity contribution in [3.8, 4) is 0 Å². The molecule has 0 saturated heterocycles. The second-order valence-electron chi connectivity index (χ2n) is 3.89. The molecule has 84 valence electrons. The summed E-state index contributed by atoms with van der Waals surface area (Å²) in [6.45, 7) is 4.02. The van der Waals surface area contributed by atoms with Gasteiger partial charge in [-0.1, -0.05) is 25.4 Å². The minimum Gasteiger partial charge on any atom is -0.478 e. The van der Waals surface area contributed by atoms with Gasteiger partial charge in [0.25, 0.3) is 0 Å². The van der Waals surface area contributed by atoms with Gasteiger partial charge in [0.1, 0.15) is 5.82 Å². The third-order valence-corrected chi connectivity index (χ3v) is 2.67. The number of pyridine rings is 1. The number of aromatic nitrogens is 2. The van der Waals surface area contributed by atoms with Crippen molar-refractivity contribution in [3.63, 3.8) is 0 Å². The summed E-state index contributed by atoms with van der Waals surface area (Å²) in [5.41, 5.74) is 0.842. The minimum atomic E-state index is -0.967. The molecule has 2 heterocycles. The Morgan fingerprint density at radius 2 is 2.25 bits per heavy atom. The number of rotatable bonds is 2. The van der Waals surface area contributed by atoms with Crippen LogP contribution in [-0.4, -0.2) is 20.5 Å². The van der Waals surface area contributed by atoms with Gasteiger partial charge in [-0.05, 0) is 12.1 Å². The number of aromatic carboxylic acids is 1. The molecule has 16 heavy (non-hydrogen) atoms. The highest BCUT2D eigenvalue weighted by Gasteiger charge is 2.14. The fraction of sp³-hybridized carbons (Fsp3) is 0.273. The zero-order valence-corrected chi connectivity index (χ0v) is 9.69. The molecule has 0 unspecified atom stereocenters. The lowest BCUT2D eigenvalue weighted by molar-refractivity contribution is 0.0697. The van der Waals surface area contributed by atoms with E-state index in [0.29, 0.717) is 10.7 Å². The Kier molecular flexibility index (Phi) is 2.59. The van der Waals surface area contributed by atoms with Gasteiger partial charge in [0, 0.05) is 12.1 Å². The monoisotopic (exact) mass is 238 g/mol. The summed E-state index contributed by atoms with van der Waals surface area (Å²) in [5, 5.41) is 9.22. The van der Waals surface area contributed by atoms with Crippen LogP contribution in [0.15, 0.2) is 18.3 Å². The van der Waals surface area contributed by atoms with Crippen LogP contribution in [0.5, 0.6) is 0 Å². The highest BCUT2D eigenvalue weighted by atomic mass is 35.5. The van der Waals surface area contributed by atoms with E-state index in [1.54, 1.807) is 12.3 Å². The van der Waals surface area contributed by atoms with Crippen LogP contribution in [0.2, 0.25) is 5.15 Å². The lowest BCUT2D eigenvalue weighted by Crippen LogP contribution is -2.00. The van der Waals surface area contributed by atoms with Crippen LogP contribution in [0.4, 0.5) is 0 Å². The predicted molar refractivity (Wildman–Crippen MR) is 61.3 cm³/mol. The second-order valence-corrected chi connectivity index (χ2v) is 4.25. The molecule has 0 bridgehead atoms. The molecule has 0 aliphatic rings. The quantitative estimate of drug-likeness (QED) is 0.875. The van der Waals surface area contributed by atoms with Crippen molar-refractivity contribution in [1.29, 1.82) is 0 Å². The summed E-state index contributed by atoms with van der Waals surface area (Å²) in [6.07, 6.45) is 1.69. The summed E-state index contributed by atoms with van der Waals surface area (Å²) in [5.74, 6) is 0.0958. The summed E-state index contributed by atoms with van der Waals surface area (Å²) in [4.78, 5) is 15.0. The number of imidazole rings is 1. The van der Waals surface area contributed by atoms with Gasteiger partial charge >= 0.3 is 5.97 Å². The van der Waals surface area contributed by atoms with Gasteiger partial charge in [0.2, 0.25) is 0 Å². The Morgan fingerprint density at radius 3 is 2.81 bits per heavy atom. The zero-order chi connectivity index (χ0) is 11.9. The van der Waals surface area contributed by atoms with Crippen LogP contribution in [-0.2, 0) is 0 Å². The van der Waals surface area contributed by atoms with Crippen molar-refractivity contribution < 1.29 is 9.90 Å². The van der Waals surface area contributed by atoms with Crippen LogP contribution in [0.25, 0.3) is 5.52 Å². The highest BCUT2D eigenvalue weighted by molar-refractivity contribution is 6.32. The SMILES string of the molecule is CC(C)c1nc(Cl)c2cc(C(=O)O)ccn12. The molecule has 0 aliphatic carbocycles. The first-order valence-corrected chi connectivity index (χ1v) is 5.29. The van der Waals surface area contributed by atoms with Crippen molar-refractivity contribution in [2.75, 3.05) is 0 Å². The van der Waals surface area contributed by atoms with Gasteiger partial charge < -0.3 is 9.51 Å². The molecule has 0 saturated carbocycles. The molecule has 0 aromatic carbocycles. The van der Waals surface area contributed by atoms with E-state index in [1.807, 2.05) is 18.2 Å². The third kappa shape index (κ3) is 1.65. The molecule has 2 aromatic rings. The molecule has 5 heteroatoms. The van der Waals surface area contributed by atoms with Crippen LogP contribution >= 0.6 is 11.6 Å². The van der Waals surface area contributed by atoms with Crippen molar-refractivity contribution in [1.82, 2.24) is 9.38 Å². The number of carboxylic acid groups (broad SMARTS) is 1. The van der Waals surface area contributed by atoms with E-state index < -0.39 is 5.97 Å². The van der Waals surface area contributed by atoms with Crippen LogP contribution in [0, 0.1) is 0 Å². The van der Waals surface area contributed by atoms with Gasteiger partial charge in [-0.15, -0.1) is 0 Å². The second kappa shape index (κ2) is 3.79. The smallest absolute Gasteiger partial charge is 0.335 e. The highest BCUT2D eigenvalue weighted by Crippen LogP contribution is 2.23. The average molecular weight is 239 g/mol. The molecule has 2 aromatic heterocycles. The third-order valence-electron chi connectivity index (χ3n) is 2.39. The maximum absolute atomic E-state index is 10.8. The van der Waals surface area contributed by atoms with Crippen molar-refractivity contribution >= 4 is 23.1 Å². The Balaban J connectivity index is 2.71.